The molecule has 1 N–H and O–H groups in total. The van der Waals surface area contributed by atoms with Gasteiger partial charge in [0.15, 0.2) is 11.5 Å². The predicted octanol–water partition coefficient (Wildman–Crippen LogP) is 3.26. The van der Waals surface area contributed by atoms with E-state index in [9.17, 15) is 9.59 Å². The third-order valence-electron chi connectivity index (χ3n) is 4.79. The van der Waals surface area contributed by atoms with E-state index in [0.717, 1.165) is 18.4 Å². The van der Waals surface area contributed by atoms with Gasteiger partial charge in [-0.25, -0.2) is 0 Å². The van der Waals surface area contributed by atoms with Gasteiger partial charge in [0.25, 0.3) is 0 Å². The Hall–Kier alpha value is -2.50. The molecule has 0 aromatic heterocycles. The predicted molar refractivity (Wildman–Crippen MR) is 110 cm³/mol. The number of hydrogen-bond acceptors (Lipinski definition) is 4. The molecule has 2 amide bonds. The molecule has 0 saturated carbocycles. The van der Waals surface area contributed by atoms with Crippen LogP contribution in [0.3, 0.4) is 0 Å². The molecule has 1 saturated heterocycles. The summed E-state index contributed by atoms with van der Waals surface area (Å²) in [6.07, 6.45) is 6.66. The molecule has 1 aliphatic heterocycles. The zero-order valence-electron chi connectivity index (χ0n) is 17.2. The average molecular weight is 389 g/mol. The summed E-state index contributed by atoms with van der Waals surface area (Å²) in [6.45, 7) is 6.66. The van der Waals surface area contributed by atoms with Crippen LogP contribution in [0.2, 0.25) is 0 Å². The first-order valence-corrected chi connectivity index (χ1v) is 10.1. The fourth-order valence-corrected chi connectivity index (χ4v) is 3.15. The third kappa shape index (κ3) is 6.29. The summed E-state index contributed by atoms with van der Waals surface area (Å²) in [7, 11) is 1.60. The standard InChI is InChI=1S/C22H32N2O4/c1-4-12-23-22(26)18-10-13-24(14-11-18)21(25)9-7-17-6-8-19(28-15-5-2)20(16-17)27-3/h6-9,16,18H,4-5,10-15H2,1-3H3,(H,23,26)/b9-7+. The van der Waals surface area contributed by atoms with Gasteiger partial charge in [-0.2, -0.15) is 0 Å². The highest BCUT2D eigenvalue weighted by Crippen LogP contribution is 2.28. The van der Waals surface area contributed by atoms with Crippen molar-refractivity contribution in [1.29, 1.82) is 0 Å². The summed E-state index contributed by atoms with van der Waals surface area (Å²) in [5, 5.41) is 2.94. The number of amides is 2. The number of carbonyl (C=O) groups is 2. The number of rotatable bonds is 9. The molecule has 0 bridgehead atoms. The van der Waals surface area contributed by atoms with Gasteiger partial charge in [-0.3, -0.25) is 9.59 Å². The lowest BCUT2D eigenvalue weighted by molar-refractivity contribution is -0.132. The van der Waals surface area contributed by atoms with Crippen LogP contribution in [0.15, 0.2) is 24.3 Å². The molecule has 0 unspecified atom stereocenters. The summed E-state index contributed by atoms with van der Waals surface area (Å²) >= 11 is 0. The fraction of sp³-hybridized carbons (Fsp3) is 0.545. The van der Waals surface area contributed by atoms with E-state index < -0.39 is 0 Å². The van der Waals surface area contributed by atoms with E-state index in [2.05, 4.69) is 12.2 Å². The lowest BCUT2D eigenvalue weighted by Crippen LogP contribution is -2.42. The lowest BCUT2D eigenvalue weighted by atomic mass is 9.96. The first-order chi connectivity index (χ1) is 13.6. The van der Waals surface area contributed by atoms with Crippen LogP contribution in [0.25, 0.3) is 6.08 Å². The molecule has 6 nitrogen and oxygen atoms in total. The second-order valence-corrected chi connectivity index (χ2v) is 6.98. The summed E-state index contributed by atoms with van der Waals surface area (Å²) in [5.41, 5.74) is 0.878. The zero-order chi connectivity index (χ0) is 20.4. The lowest BCUT2D eigenvalue weighted by Gasteiger charge is -2.30. The van der Waals surface area contributed by atoms with Gasteiger partial charge in [0.2, 0.25) is 11.8 Å². The zero-order valence-corrected chi connectivity index (χ0v) is 17.2. The van der Waals surface area contributed by atoms with Gasteiger partial charge in [-0.05, 0) is 49.5 Å². The Morgan fingerprint density at radius 1 is 1.18 bits per heavy atom. The van der Waals surface area contributed by atoms with Crippen LogP contribution in [0.1, 0.15) is 45.1 Å². The van der Waals surface area contributed by atoms with Crippen LogP contribution >= 0.6 is 0 Å². The van der Waals surface area contributed by atoms with E-state index in [0.29, 0.717) is 50.6 Å². The van der Waals surface area contributed by atoms with Crippen molar-refractivity contribution in [3.63, 3.8) is 0 Å². The fourth-order valence-electron chi connectivity index (χ4n) is 3.15. The second-order valence-electron chi connectivity index (χ2n) is 6.98. The van der Waals surface area contributed by atoms with E-state index in [1.165, 1.54) is 0 Å². The normalized spacial score (nSPS) is 14.9. The molecular weight excluding hydrogens is 356 g/mol. The molecule has 6 heteroatoms. The second kappa shape index (κ2) is 11.4. The summed E-state index contributed by atoms with van der Waals surface area (Å²) < 4.78 is 11.0. The molecule has 1 aromatic carbocycles. The maximum absolute atomic E-state index is 12.5. The van der Waals surface area contributed by atoms with E-state index in [4.69, 9.17) is 9.47 Å². The smallest absolute Gasteiger partial charge is 0.246 e. The van der Waals surface area contributed by atoms with Gasteiger partial charge in [0.1, 0.15) is 0 Å². The van der Waals surface area contributed by atoms with Gasteiger partial charge >= 0.3 is 0 Å². The number of ether oxygens (including phenoxy) is 2. The molecule has 0 radical (unpaired) electrons. The Kier molecular flexibility index (Phi) is 8.85. The summed E-state index contributed by atoms with van der Waals surface area (Å²) in [5.74, 6) is 1.46. The van der Waals surface area contributed by atoms with E-state index in [-0.39, 0.29) is 17.7 Å². The highest BCUT2D eigenvalue weighted by atomic mass is 16.5. The van der Waals surface area contributed by atoms with E-state index in [1.807, 2.05) is 25.1 Å². The molecule has 0 aliphatic carbocycles. The molecule has 28 heavy (non-hydrogen) atoms. The number of benzene rings is 1. The largest absolute Gasteiger partial charge is 0.493 e. The molecular formula is C22H32N2O4. The Morgan fingerprint density at radius 3 is 2.57 bits per heavy atom. The monoisotopic (exact) mass is 388 g/mol. The van der Waals surface area contributed by atoms with Crippen molar-refractivity contribution in [2.75, 3.05) is 33.4 Å². The molecule has 154 valence electrons. The van der Waals surface area contributed by atoms with Crippen molar-refractivity contribution >= 4 is 17.9 Å². The van der Waals surface area contributed by atoms with Gasteiger partial charge in [0.05, 0.1) is 13.7 Å². The van der Waals surface area contributed by atoms with Gasteiger partial charge in [0, 0.05) is 31.6 Å². The first-order valence-electron chi connectivity index (χ1n) is 10.1. The van der Waals surface area contributed by atoms with Crippen LogP contribution in [0.4, 0.5) is 0 Å². The summed E-state index contributed by atoms with van der Waals surface area (Å²) in [4.78, 5) is 26.3. The van der Waals surface area contributed by atoms with Crippen molar-refractivity contribution in [2.24, 2.45) is 5.92 Å². The van der Waals surface area contributed by atoms with Crippen LogP contribution < -0.4 is 14.8 Å². The molecule has 1 aliphatic rings. The van der Waals surface area contributed by atoms with Crippen molar-refractivity contribution in [2.45, 2.75) is 39.5 Å². The Morgan fingerprint density at radius 2 is 1.93 bits per heavy atom. The molecule has 1 heterocycles. The number of nitrogens with zero attached hydrogens (tertiary/aromatic N) is 1. The van der Waals surface area contributed by atoms with Crippen molar-refractivity contribution in [1.82, 2.24) is 10.2 Å². The molecule has 1 aromatic rings. The van der Waals surface area contributed by atoms with Crippen molar-refractivity contribution in [3.05, 3.63) is 29.8 Å². The maximum Gasteiger partial charge on any atom is 0.246 e. The highest BCUT2D eigenvalue weighted by Gasteiger charge is 2.26. The first kappa shape index (κ1) is 21.8. The van der Waals surface area contributed by atoms with Gasteiger partial charge in [-0.1, -0.05) is 19.9 Å². The minimum atomic E-state index is -0.0299. The number of carbonyl (C=O) groups excluding carboxylic acids is 2. The van der Waals surface area contributed by atoms with Gasteiger partial charge in [-0.15, -0.1) is 0 Å². The van der Waals surface area contributed by atoms with Crippen LogP contribution in [0, 0.1) is 5.92 Å². The molecule has 0 atom stereocenters. The number of nitrogens with one attached hydrogen (secondary N) is 1. The number of piperidine rings is 1. The van der Waals surface area contributed by atoms with Crippen molar-refractivity contribution < 1.29 is 19.1 Å². The molecule has 2 rings (SSSR count). The average Bonchev–Trinajstić information content (AvgIpc) is 2.74. The van der Waals surface area contributed by atoms with Crippen molar-refractivity contribution in [3.8, 4) is 11.5 Å². The Balaban J connectivity index is 1.89. The van der Waals surface area contributed by atoms with E-state index >= 15 is 0 Å². The molecule has 0 spiro atoms. The minimum Gasteiger partial charge on any atom is -0.493 e. The Labute approximate surface area is 167 Å². The number of methoxy groups -OCH3 is 1. The third-order valence-corrected chi connectivity index (χ3v) is 4.79. The SMILES string of the molecule is CCCNC(=O)C1CCN(C(=O)/C=C/c2ccc(OCCC)c(OC)c2)CC1. The van der Waals surface area contributed by atoms with Crippen LogP contribution in [-0.4, -0.2) is 50.1 Å². The quantitative estimate of drug-likeness (QED) is 0.660. The van der Waals surface area contributed by atoms with Crippen LogP contribution in [0.5, 0.6) is 11.5 Å². The van der Waals surface area contributed by atoms with Gasteiger partial charge < -0.3 is 19.7 Å². The van der Waals surface area contributed by atoms with Crippen LogP contribution in [-0.2, 0) is 9.59 Å². The van der Waals surface area contributed by atoms with E-state index in [1.54, 1.807) is 24.2 Å². The Bertz CT molecular complexity index is 679. The molecule has 1 fully saturated rings. The topological polar surface area (TPSA) is 67.9 Å². The number of hydrogen-bond donors (Lipinski definition) is 1. The highest BCUT2D eigenvalue weighted by molar-refractivity contribution is 5.92. The summed E-state index contributed by atoms with van der Waals surface area (Å²) in [6, 6.07) is 5.62. The number of likely N-dealkylation sites (tertiary alicyclic amines) is 1. The maximum atomic E-state index is 12.5. The minimum absolute atomic E-state index is 0.0134.